The lowest BCUT2D eigenvalue weighted by atomic mass is 9.85. The fraction of sp³-hybridized carbons (Fsp3) is 0.600. The van der Waals surface area contributed by atoms with Gasteiger partial charge in [0, 0.05) is 24.7 Å². The van der Waals surface area contributed by atoms with E-state index in [0.29, 0.717) is 6.54 Å². The van der Waals surface area contributed by atoms with Gasteiger partial charge in [0.1, 0.15) is 0 Å². The highest BCUT2D eigenvalue weighted by molar-refractivity contribution is 5.78. The van der Waals surface area contributed by atoms with Crippen LogP contribution in [0.4, 0.5) is 0 Å². The number of rotatable bonds is 4. The van der Waals surface area contributed by atoms with E-state index in [1.807, 2.05) is 30.0 Å². The fourth-order valence-electron chi connectivity index (χ4n) is 2.66. The monoisotopic (exact) mass is 261 g/mol. The van der Waals surface area contributed by atoms with Crippen molar-refractivity contribution in [3.05, 3.63) is 30.1 Å². The molecule has 0 radical (unpaired) electrons. The molecule has 4 nitrogen and oxygen atoms in total. The average Bonchev–Trinajstić information content (AvgIpc) is 2.46. The molecule has 0 unspecified atom stereocenters. The van der Waals surface area contributed by atoms with Gasteiger partial charge < -0.3 is 10.6 Å². The topological polar surface area (TPSA) is 59.2 Å². The van der Waals surface area contributed by atoms with Crippen LogP contribution in [0.25, 0.3) is 0 Å². The summed E-state index contributed by atoms with van der Waals surface area (Å²) < 4.78 is 0. The van der Waals surface area contributed by atoms with Crippen molar-refractivity contribution in [1.82, 2.24) is 9.88 Å². The van der Waals surface area contributed by atoms with Crippen molar-refractivity contribution in [3.8, 4) is 0 Å². The highest BCUT2D eigenvalue weighted by Gasteiger charge is 2.27. The van der Waals surface area contributed by atoms with Crippen LogP contribution in [-0.2, 0) is 11.3 Å². The molecule has 2 N–H and O–H groups in total. The molecule has 0 saturated heterocycles. The van der Waals surface area contributed by atoms with Gasteiger partial charge in [0.25, 0.3) is 0 Å². The highest BCUT2D eigenvalue weighted by atomic mass is 16.2. The van der Waals surface area contributed by atoms with Crippen LogP contribution >= 0.6 is 0 Å². The minimum atomic E-state index is 0.156. The lowest BCUT2D eigenvalue weighted by molar-refractivity contribution is -0.137. The molecule has 1 amide bonds. The van der Waals surface area contributed by atoms with E-state index in [1.165, 1.54) is 0 Å². The zero-order chi connectivity index (χ0) is 13.7. The van der Waals surface area contributed by atoms with Gasteiger partial charge in [-0.2, -0.15) is 0 Å². The number of hydrogen-bond donors (Lipinski definition) is 1. The normalized spacial score (nSPS) is 23.1. The average molecular weight is 261 g/mol. The van der Waals surface area contributed by atoms with Crippen LogP contribution in [0, 0.1) is 5.92 Å². The van der Waals surface area contributed by atoms with Crippen LogP contribution in [0.1, 0.15) is 38.3 Å². The van der Waals surface area contributed by atoms with Crippen molar-refractivity contribution in [3.63, 3.8) is 0 Å². The van der Waals surface area contributed by atoms with Crippen molar-refractivity contribution in [2.24, 2.45) is 11.7 Å². The highest BCUT2D eigenvalue weighted by Crippen LogP contribution is 2.25. The van der Waals surface area contributed by atoms with Gasteiger partial charge >= 0.3 is 0 Å². The van der Waals surface area contributed by atoms with Gasteiger partial charge in [0.15, 0.2) is 0 Å². The molecule has 19 heavy (non-hydrogen) atoms. The van der Waals surface area contributed by atoms with E-state index in [4.69, 9.17) is 5.73 Å². The SMILES string of the molecule is CCN(Cc1ccccn1)C(=O)C1CCC(N)CC1. The predicted molar refractivity (Wildman–Crippen MR) is 75.3 cm³/mol. The third-order valence-corrected chi connectivity index (χ3v) is 3.89. The lowest BCUT2D eigenvalue weighted by Gasteiger charge is -2.30. The molecule has 0 aliphatic heterocycles. The van der Waals surface area contributed by atoms with Gasteiger partial charge in [-0.1, -0.05) is 6.07 Å². The molecular formula is C15H23N3O. The van der Waals surface area contributed by atoms with Gasteiger partial charge in [0.2, 0.25) is 5.91 Å². The number of amides is 1. The molecule has 0 atom stereocenters. The van der Waals surface area contributed by atoms with Crippen molar-refractivity contribution in [2.45, 2.75) is 45.2 Å². The summed E-state index contributed by atoms with van der Waals surface area (Å²) in [5.41, 5.74) is 6.84. The minimum absolute atomic E-state index is 0.156. The standard InChI is InChI=1S/C15H23N3O/c1-2-18(11-14-5-3-4-10-17-14)15(19)12-6-8-13(16)9-7-12/h3-5,10,12-13H,2,6-9,11,16H2,1H3. The van der Waals surface area contributed by atoms with Gasteiger partial charge in [-0.3, -0.25) is 9.78 Å². The molecular weight excluding hydrogens is 238 g/mol. The van der Waals surface area contributed by atoms with Gasteiger partial charge in [-0.25, -0.2) is 0 Å². The summed E-state index contributed by atoms with van der Waals surface area (Å²) in [6, 6.07) is 6.10. The first-order valence-electron chi connectivity index (χ1n) is 7.15. The molecule has 1 aromatic heterocycles. The Kier molecular flexibility index (Phi) is 4.91. The maximum Gasteiger partial charge on any atom is 0.226 e. The van der Waals surface area contributed by atoms with Gasteiger partial charge in [0.05, 0.1) is 12.2 Å². The number of nitrogens with two attached hydrogens (primary N) is 1. The van der Waals surface area contributed by atoms with E-state index in [0.717, 1.165) is 37.9 Å². The van der Waals surface area contributed by atoms with Crippen molar-refractivity contribution < 1.29 is 4.79 Å². The summed E-state index contributed by atoms with van der Waals surface area (Å²) in [6.07, 6.45) is 5.57. The number of pyridine rings is 1. The minimum Gasteiger partial charge on any atom is -0.337 e. The van der Waals surface area contributed by atoms with Crippen molar-refractivity contribution in [2.75, 3.05) is 6.54 Å². The molecule has 0 aromatic carbocycles. The Balaban J connectivity index is 1.95. The Labute approximate surface area is 115 Å². The third kappa shape index (κ3) is 3.77. The second kappa shape index (κ2) is 6.66. The van der Waals surface area contributed by atoms with Crippen LogP contribution in [0.3, 0.4) is 0 Å². The summed E-state index contributed by atoms with van der Waals surface area (Å²) in [7, 11) is 0. The molecule has 4 heteroatoms. The maximum absolute atomic E-state index is 12.5. The van der Waals surface area contributed by atoms with Crippen LogP contribution in [0.5, 0.6) is 0 Å². The van der Waals surface area contributed by atoms with E-state index in [9.17, 15) is 4.79 Å². The summed E-state index contributed by atoms with van der Waals surface area (Å²) >= 11 is 0. The summed E-state index contributed by atoms with van der Waals surface area (Å²) in [5.74, 6) is 0.420. The number of aromatic nitrogens is 1. The van der Waals surface area contributed by atoms with Crippen LogP contribution < -0.4 is 5.73 Å². The fourth-order valence-corrected chi connectivity index (χ4v) is 2.66. The van der Waals surface area contributed by atoms with Crippen LogP contribution in [0.15, 0.2) is 24.4 Å². The zero-order valence-corrected chi connectivity index (χ0v) is 11.6. The molecule has 1 heterocycles. The molecule has 1 saturated carbocycles. The smallest absolute Gasteiger partial charge is 0.226 e. The second-order valence-corrected chi connectivity index (χ2v) is 5.29. The van der Waals surface area contributed by atoms with Crippen molar-refractivity contribution in [1.29, 1.82) is 0 Å². The lowest BCUT2D eigenvalue weighted by Crippen LogP contribution is -2.39. The van der Waals surface area contributed by atoms with E-state index in [1.54, 1.807) is 6.20 Å². The van der Waals surface area contributed by atoms with Crippen LogP contribution in [0.2, 0.25) is 0 Å². The number of carbonyl (C=O) groups excluding carboxylic acids is 1. The predicted octanol–water partition coefficient (Wildman–Crippen LogP) is 1.95. The van der Waals surface area contributed by atoms with E-state index in [2.05, 4.69) is 4.98 Å². The Morgan fingerprint density at radius 1 is 1.37 bits per heavy atom. The molecule has 1 aliphatic carbocycles. The quantitative estimate of drug-likeness (QED) is 0.901. The molecule has 104 valence electrons. The number of nitrogens with zero attached hydrogens (tertiary/aromatic N) is 2. The first-order chi connectivity index (χ1) is 9.20. The second-order valence-electron chi connectivity index (χ2n) is 5.29. The summed E-state index contributed by atoms with van der Waals surface area (Å²) in [5, 5.41) is 0. The summed E-state index contributed by atoms with van der Waals surface area (Å²) in [4.78, 5) is 18.7. The first kappa shape index (κ1) is 14.0. The Morgan fingerprint density at radius 3 is 2.68 bits per heavy atom. The number of carbonyl (C=O) groups is 1. The molecule has 1 aromatic rings. The van der Waals surface area contributed by atoms with E-state index in [-0.39, 0.29) is 17.9 Å². The van der Waals surface area contributed by atoms with Crippen molar-refractivity contribution >= 4 is 5.91 Å². The maximum atomic E-state index is 12.5. The van der Waals surface area contributed by atoms with Crippen LogP contribution in [-0.4, -0.2) is 28.4 Å². The van der Waals surface area contributed by atoms with Gasteiger partial charge in [-0.05, 0) is 44.7 Å². The molecule has 2 rings (SSSR count). The van der Waals surface area contributed by atoms with E-state index >= 15 is 0 Å². The molecule has 0 bridgehead atoms. The summed E-state index contributed by atoms with van der Waals surface area (Å²) in [6.45, 7) is 3.37. The first-order valence-corrected chi connectivity index (χ1v) is 7.15. The third-order valence-electron chi connectivity index (χ3n) is 3.89. The van der Waals surface area contributed by atoms with E-state index < -0.39 is 0 Å². The molecule has 1 aliphatic rings. The largest absolute Gasteiger partial charge is 0.337 e. The molecule has 0 spiro atoms. The Morgan fingerprint density at radius 2 is 2.11 bits per heavy atom. The van der Waals surface area contributed by atoms with Gasteiger partial charge in [-0.15, -0.1) is 0 Å². The molecule has 1 fully saturated rings. The Bertz CT molecular complexity index is 399. The zero-order valence-electron chi connectivity index (χ0n) is 11.6. The number of hydrogen-bond acceptors (Lipinski definition) is 3. The Hall–Kier alpha value is -1.42.